The Morgan fingerprint density at radius 1 is 1.40 bits per heavy atom. The Kier molecular flexibility index (Phi) is 4.45. The lowest BCUT2D eigenvalue weighted by atomic mass is 9.90. The van der Waals surface area contributed by atoms with Crippen LogP contribution in [0.2, 0.25) is 0 Å². The molecule has 1 aliphatic carbocycles. The van der Waals surface area contributed by atoms with Crippen LogP contribution in [0.15, 0.2) is 0 Å². The van der Waals surface area contributed by atoms with Crippen molar-refractivity contribution in [3.8, 4) is 6.07 Å². The monoisotopic (exact) mass is 281 g/mol. The first kappa shape index (κ1) is 14.6. The van der Waals surface area contributed by atoms with Gasteiger partial charge in [-0.25, -0.2) is 9.59 Å². The predicted molar refractivity (Wildman–Crippen MR) is 68.9 cm³/mol. The van der Waals surface area contributed by atoms with E-state index in [0.717, 1.165) is 12.8 Å². The second-order valence-electron chi connectivity index (χ2n) is 5.26. The third kappa shape index (κ3) is 3.20. The van der Waals surface area contributed by atoms with Gasteiger partial charge in [0, 0.05) is 38.6 Å². The summed E-state index contributed by atoms with van der Waals surface area (Å²) in [5.41, 5.74) is -1.24. The molecule has 2 fully saturated rings. The van der Waals surface area contributed by atoms with Gasteiger partial charge in [0.1, 0.15) is 5.54 Å². The van der Waals surface area contributed by atoms with E-state index in [-0.39, 0.29) is 31.3 Å². The first-order valence-electron chi connectivity index (χ1n) is 6.86. The molecule has 0 radical (unpaired) electrons. The maximum Gasteiger partial charge on any atom is 0.329 e. The number of rotatable bonds is 5. The van der Waals surface area contributed by atoms with Crippen molar-refractivity contribution in [1.82, 2.24) is 10.2 Å². The van der Waals surface area contributed by atoms with Crippen LogP contribution < -0.4 is 5.32 Å². The molecule has 1 saturated carbocycles. The van der Waals surface area contributed by atoms with Crippen LogP contribution in [0.3, 0.4) is 0 Å². The third-order valence-corrected chi connectivity index (χ3v) is 3.81. The average Bonchev–Trinajstić information content (AvgIpc) is 3.24. The highest BCUT2D eigenvalue weighted by Gasteiger charge is 2.44. The normalized spacial score (nSPS) is 20.8. The van der Waals surface area contributed by atoms with E-state index in [1.54, 1.807) is 4.90 Å². The third-order valence-electron chi connectivity index (χ3n) is 3.81. The van der Waals surface area contributed by atoms with Crippen molar-refractivity contribution in [3.63, 3.8) is 0 Å². The molecule has 7 nitrogen and oxygen atoms in total. The van der Waals surface area contributed by atoms with Crippen LogP contribution in [0, 0.1) is 11.3 Å². The number of hydrogen-bond acceptors (Lipinski definition) is 4. The number of nitriles is 1. The smallest absolute Gasteiger partial charge is 0.329 e. The number of carboxylic acid groups (broad SMARTS) is 1. The molecule has 0 aromatic heterocycles. The van der Waals surface area contributed by atoms with Crippen LogP contribution in [0.5, 0.6) is 0 Å². The van der Waals surface area contributed by atoms with E-state index in [4.69, 9.17) is 10.00 Å². The van der Waals surface area contributed by atoms with E-state index in [0.29, 0.717) is 19.8 Å². The summed E-state index contributed by atoms with van der Waals surface area (Å²) in [6.45, 7) is 1.00. The highest BCUT2D eigenvalue weighted by Crippen LogP contribution is 2.28. The van der Waals surface area contributed by atoms with E-state index in [1.165, 1.54) is 0 Å². The molecule has 1 heterocycles. The van der Waals surface area contributed by atoms with E-state index in [2.05, 4.69) is 5.32 Å². The Balaban J connectivity index is 2.03. The molecule has 2 aliphatic rings. The molecule has 1 saturated heterocycles. The van der Waals surface area contributed by atoms with Crippen LogP contribution in [-0.4, -0.2) is 53.3 Å². The molecule has 0 spiro atoms. The molecule has 2 N–H and O–H groups in total. The SMILES string of the molecule is N#CCCN(C(=O)NC1(C(=O)O)CCOCC1)C1CC1. The summed E-state index contributed by atoms with van der Waals surface area (Å²) in [7, 11) is 0. The summed E-state index contributed by atoms with van der Waals surface area (Å²) < 4.78 is 5.17. The molecule has 0 unspecified atom stereocenters. The van der Waals surface area contributed by atoms with Crippen molar-refractivity contribution >= 4 is 12.0 Å². The Bertz CT molecular complexity index is 422. The highest BCUT2D eigenvalue weighted by atomic mass is 16.5. The largest absolute Gasteiger partial charge is 0.480 e. The van der Waals surface area contributed by atoms with Gasteiger partial charge >= 0.3 is 12.0 Å². The van der Waals surface area contributed by atoms with Gasteiger partial charge in [-0.1, -0.05) is 0 Å². The second-order valence-corrected chi connectivity index (χ2v) is 5.26. The summed E-state index contributed by atoms with van der Waals surface area (Å²) in [5.74, 6) is -1.02. The number of ether oxygens (including phenoxy) is 1. The Morgan fingerprint density at radius 2 is 2.05 bits per heavy atom. The Labute approximate surface area is 117 Å². The topological polar surface area (TPSA) is 103 Å². The number of amides is 2. The molecule has 0 aromatic rings. The number of carbonyl (C=O) groups is 2. The first-order valence-corrected chi connectivity index (χ1v) is 6.86. The van der Waals surface area contributed by atoms with E-state index in [9.17, 15) is 14.7 Å². The fourth-order valence-electron chi connectivity index (χ4n) is 2.40. The van der Waals surface area contributed by atoms with Crippen LogP contribution in [0.25, 0.3) is 0 Å². The summed E-state index contributed by atoms with van der Waals surface area (Å²) >= 11 is 0. The number of aliphatic carboxylic acids is 1. The molecule has 20 heavy (non-hydrogen) atoms. The maximum atomic E-state index is 12.3. The van der Waals surface area contributed by atoms with Gasteiger partial charge in [0.25, 0.3) is 0 Å². The summed E-state index contributed by atoms with van der Waals surface area (Å²) in [4.78, 5) is 25.4. The minimum absolute atomic E-state index is 0.147. The molecular formula is C13H19N3O4. The number of carbonyl (C=O) groups excluding carboxylic acids is 1. The highest BCUT2D eigenvalue weighted by molar-refractivity contribution is 5.86. The van der Waals surface area contributed by atoms with E-state index < -0.39 is 11.5 Å². The molecule has 110 valence electrons. The van der Waals surface area contributed by atoms with Crippen LogP contribution in [0.1, 0.15) is 32.1 Å². The summed E-state index contributed by atoms with van der Waals surface area (Å²) in [6.07, 6.45) is 2.63. The van der Waals surface area contributed by atoms with Gasteiger partial charge in [0.05, 0.1) is 12.5 Å². The zero-order valence-electron chi connectivity index (χ0n) is 11.3. The van der Waals surface area contributed by atoms with Crippen molar-refractivity contribution in [1.29, 1.82) is 5.26 Å². The molecule has 7 heteroatoms. The average molecular weight is 281 g/mol. The molecule has 1 aliphatic heterocycles. The molecular weight excluding hydrogens is 262 g/mol. The van der Waals surface area contributed by atoms with Gasteiger partial charge in [-0.2, -0.15) is 5.26 Å². The summed E-state index contributed by atoms with van der Waals surface area (Å²) in [6, 6.07) is 1.78. The Hall–Kier alpha value is -1.81. The molecule has 0 bridgehead atoms. The Morgan fingerprint density at radius 3 is 2.55 bits per heavy atom. The number of nitrogens with zero attached hydrogens (tertiary/aromatic N) is 2. The zero-order valence-corrected chi connectivity index (χ0v) is 11.3. The van der Waals surface area contributed by atoms with Gasteiger partial charge in [-0.3, -0.25) is 0 Å². The maximum absolute atomic E-state index is 12.3. The minimum Gasteiger partial charge on any atom is -0.480 e. The van der Waals surface area contributed by atoms with Gasteiger partial charge in [0.15, 0.2) is 0 Å². The van der Waals surface area contributed by atoms with Crippen LogP contribution in [0.4, 0.5) is 4.79 Å². The number of urea groups is 1. The molecule has 0 aromatic carbocycles. The lowest BCUT2D eigenvalue weighted by Gasteiger charge is -2.36. The van der Waals surface area contributed by atoms with Crippen molar-refractivity contribution in [2.75, 3.05) is 19.8 Å². The zero-order chi connectivity index (χ0) is 14.6. The summed E-state index contributed by atoms with van der Waals surface area (Å²) in [5, 5.41) is 20.7. The first-order chi connectivity index (χ1) is 9.59. The minimum atomic E-state index is -1.24. The standard InChI is InChI=1S/C13H19N3O4/c14-6-1-7-16(10-2-3-10)12(19)15-13(11(17)18)4-8-20-9-5-13/h10H,1-5,7-9H2,(H,15,19)(H,17,18). The van der Waals surface area contributed by atoms with Gasteiger partial charge in [-0.05, 0) is 12.8 Å². The van der Waals surface area contributed by atoms with Crippen molar-refractivity contribution in [3.05, 3.63) is 0 Å². The molecule has 2 amide bonds. The van der Waals surface area contributed by atoms with Crippen molar-refractivity contribution in [2.45, 2.75) is 43.7 Å². The fourth-order valence-corrected chi connectivity index (χ4v) is 2.40. The van der Waals surface area contributed by atoms with Gasteiger partial charge in [0.2, 0.25) is 0 Å². The number of carboxylic acids is 1. The predicted octanol–water partition coefficient (Wildman–Crippen LogP) is 0.708. The lowest BCUT2D eigenvalue weighted by Crippen LogP contribution is -2.60. The van der Waals surface area contributed by atoms with E-state index in [1.807, 2.05) is 6.07 Å². The number of hydrogen-bond donors (Lipinski definition) is 2. The van der Waals surface area contributed by atoms with Crippen molar-refractivity contribution < 1.29 is 19.4 Å². The van der Waals surface area contributed by atoms with Gasteiger partial charge in [-0.15, -0.1) is 0 Å². The molecule has 2 rings (SSSR count). The van der Waals surface area contributed by atoms with Gasteiger partial charge < -0.3 is 20.1 Å². The second kappa shape index (κ2) is 6.09. The van der Waals surface area contributed by atoms with Crippen molar-refractivity contribution in [2.24, 2.45) is 0 Å². The quantitative estimate of drug-likeness (QED) is 0.772. The fraction of sp³-hybridized carbons (Fsp3) is 0.769. The molecule has 0 atom stereocenters. The van der Waals surface area contributed by atoms with Crippen LogP contribution >= 0.6 is 0 Å². The van der Waals surface area contributed by atoms with E-state index >= 15 is 0 Å². The lowest BCUT2D eigenvalue weighted by molar-refractivity contribution is -0.148. The van der Waals surface area contributed by atoms with Crippen LogP contribution in [-0.2, 0) is 9.53 Å². The number of nitrogens with one attached hydrogen (secondary N) is 1.